The molecule has 0 N–H and O–H groups in total. The van der Waals surface area contributed by atoms with E-state index in [4.69, 9.17) is 14.2 Å². The molecule has 4 aliphatic heterocycles. The molecule has 0 unspecified atom stereocenters. The second-order valence-corrected chi connectivity index (χ2v) is 28.4. The number of aryl methyl sites for hydroxylation is 2. The molecule has 2 radical (unpaired) electrons. The molecule has 16 nitrogen and oxygen atoms in total. The molecule has 4 aliphatic rings. The van der Waals surface area contributed by atoms with E-state index < -0.39 is 11.8 Å². The van der Waals surface area contributed by atoms with Gasteiger partial charge in [-0.25, -0.2) is 0 Å². The fourth-order valence-corrected chi connectivity index (χ4v) is 14.0. The van der Waals surface area contributed by atoms with Crippen LogP contribution >= 0.6 is 0 Å². The molecule has 4 heterocycles. The van der Waals surface area contributed by atoms with E-state index >= 15 is 0 Å². The summed E-state index contributed by atoms with van der Waals surface area (Å²) < 4.78 is 17.9. The van der Waals surface area contributed by atoms with Crippen molar-refractivity contribution in [1.29, 1.82) is 0 Å². The molecule has 0 saturated heterocycles. The van der Waals surface area contributed by atoms with E-state index in [9.17, 15) is 43.2 Å². The average Bonchev–Trinajstić information content (AvgIpc) is 1.63. The second-order valence-electron chi connectivity index (χ2n) is 28.4. The van der Waals surface area contributed by atoms with Crippen LogP contribution in [0.5, 0.6) is 34.5 Å². The largest absolute Gasteiger partial charge is 0.483 e. The standard InChI is InChI=1S/C37H27O3.C30H18NO3.C29H16N2O4.C9H6NO2.W.2Y/c1-27-7-17-33(18-8-27)39-35-21-11-29(12-22-35)31-15-25-37(26-16-31)40-36-23-13-30(14-24-36)28-9-19-34(20-10-28)38-32-5-3-2-4-6-32;1-20-17-24(19-25(18-20)31-29(33)26-9-5-6-10-27(26)30(31)34)28(32)23-15-13-22(14-16-23)12-11-21-7-3-2-4-8-21;32-26-22-5-1-2-6-23(22)27(33)30(26)20-13-9-18(10-14-20)17-19-11-15-21(16-12-19)31-28(34)24-7-3-4-8-25(24)29(31)35;1-10-8(11)6-4-2-3-5-7(6)9(10)12;;;/h3-26H,1H3;2-5,7-10,13-19H,1H3;1,3,5-16H,17H2;2,4-5H,1H3;;;/q2*-1;-2;-1;;;. The quantitative estimate of drug-likeness (QED) is 0.0408. The number of hydrogen-bond donors (Lipinski definition) is 0. The zero-order valence-electron chi connectivity index (χ0n) is 66.8. The van der Waals surface area contributed by atoms with E-state index in [1.807, 2.05) is 159 Å². The normalized spacial score (nSPS) is 12.3. The zero-order valence-corrected chi connectivity index (χ0v) is 75.4. The first kappa shape index (κ1) is 88.2. The van der Waals surface area contributed by atoms with Crippen LogP contribution in [0.15, 0.2) is 340 Å². The van der Waals surface area contributed by atoms with Crippen molar-refractivity contribution in [3.63, 3.8) is 0 Å². The molecule has 0 atom stereocenters. The smallest absolute Gasteiger partial charge is 0.240 e. The summed E-state index contributed by atoms with van der Waals surface area (Å²) in [6.07, 6.45) is 0.606. The van der Waals surface area contributed by atoms with E-state index in [0.29, 0.717) is 79.1 Å². The number of carbonyl (C=O) groups excluding carboxylic acids is 9. The summed E-state index contributed by atoms with van der Waals surface area (Å²) in [5.41, 5.74) is 15.5. The number of ether oxygens (including phenoxy) is 3. The summed E-state index contributed by atoms with van der Waals surface area (Å²) in [6.45, 7) is 3.89. The predicted molar refractivity (Wildman–Crippen MR) is 461 cm³/mol. The summed E-state index contributed by atoms with van der Waals surface area (Å²) in [6, 6.07) is 118. The van der Waals surface area contributed by atoms with Gasteiger partial charge >= 0.3 is 0 Å². The van der Waals surface area contributed by atoms with E-state index in [-0.39, 0.29) is 128 Å². The van der Waals surface area contributed by atoms with Crippen molar-refractivity contribution < 1.29 is 144 Å². The first-order valence-corrected chi connectivity index (χ1v) is 38.4. The topological polar surface area (TPSA) is 194 Å². The number of hydrogen-bond acceptors (Lipinski definition) is 12. The van der Waals surface area contributed by atoms with Crippen LogP contribution < -0.4 is 28.9 Å². The molecule has 0 bridgehead atoms. The molecular formula is C105H67N4O12WY2-5. The third-order valence-electron chi connectivity index (χ3n) is 20.3. The molecule has 0 fully saturated rings. The van der Waals surface area contributed by atoms with Gasteiger partial charge in [-0.3, -0.25) is 62.8 Å². The van der Waals surface area contributed by atoms with Crippen LogP contribution in [-0.2, 0) is 92.9 Å². The maximum Gasteiger partial charge on any atom is 0.240 e. The van der Waals surface area contributed by atoms with Gasteiger partial charge in [-0.15, -0.1) is 12.1 Å². The monoisotopic (exact) mass is 1940 g/mol. The van der Waals surface area contributed by atoms with Crippen molar-refractivity contribution in [2.24, 2.45) is 0 Å². The van der Waals surface area contributed by atoms with Crippen LogP contribution in [0.4, 0.5) is 17.1 Å². The van der Waals surface area contributed by atoms with E-state index in [1.54, 1.807) is 121 Å². The van der Waals surface area contributed by atoms with Crippen LogP contribution in [0.25, 0.3) is 22.3 Å². The molecule has 0 aromatic heterocycles. The van der Waals surface area contributed by atoms with E-state index in [2.05, 4.69) is 97.6 Å². The average molecular weight is 1940 g/mol. The van der Waals surface area contributed by atoms with Gasteiger partial charge in [0.2, 0.25) is 47.3 Å². The molecule has 0 aliphatic carbocycles. The molecule has 0 saturated carbocycles. The second kappa shape index (κ2) is 39.9. The van der Waals surface area contributed by atoms with E-state index in [1.165, 1.54) is 40.6 Å². The SMILES string of the molecule is CN1C(=O)c2c[c-]ccc2C1=O.Cc1cc(C(=O)c2ccc(C#Cc3ccccc3)cc2)cc(N2C(=O)c3c[c-]ccc3C2=O)c1.Cc1ccc(Oc2ccc(-c3ccc(Oc4ccc(-c5ccc(Oc6cc[c-]cc6)cc5)cc4)cc3)cc2)cc1.O=C1c2c[c-]ccc2C(=O)N1c1ccc(Cc2ccc(N3C(=O)c4c[c-]ccc4C3=O)cc2)cc1.[W].[Y].[Y]. The Balaban J connectivity index is 0.000000148. The molecule has 8 amide bonds. The van der Waals surface area contributed by atoms with E-state index in [0.717, 1.165) is 94.4 Å². The fraction of sp³-hybridized carbons (Fsp3) is 0.0381. The maximum atomic E-state index is 13.2. The van der Waals surface area contributed by atoms with Gasteiger partial charge in [0.05, 0.1) is 17.1 Å². The van der Waals surface area contributed by atoms with Crippen molar-refractivity contribution in [2.45, 2.75) is 20.3 Å². The van der Waals surface area contributed by atoms with Gasteiger partial charge in [0, 0.05) is 122 Å². The maximum absolute atomic E-state index is 13.2. The Labute approximate surface area is 781 Å². The number of anilines is 3. The number of carbonyl (C=O) groups is 9. The Morgan fingerprint density at radius 1 is 0.298 bits per heavy atom. The number of rotatable bonds is 15. The number of fused-ring (bicyclic) bond motifs is 4. The number of imide groups is 4. The summed E-state index contributed by atoms with van der Waals surface area (Å²) >= 11 is 0. The Kier molecular flexibility index (Phi) is 28.4. The zero-order chi connectivity index (χ0) is 83.6. The molecular weight excluding hydrogens is 1870 g/mol. The number of nitrogens with zero attached hydrogens (tertiary/aromatic N) is 4. The van der Waals surface area contributed by atoms with Gasteiger partial charge in [0.15, 0.2) is 5.78 Å². The molecule has 15 aromatic rings. The Bertz CT molecular complexity index is 6350. The van der Waals surface area contributed by atoms with Gasteiger partial charge in [0.1, 0.15) is 28.7 Å². The minimum Gasteiger partial charge on any atom is -0.483 e. The Morgan fingerprint density at radius 2 is 0.613 bits per heavy atom. The summed E-state index contributed by atoms with van der Waals surface area (Å²) in [5.74, 6) is 8.13. The first-order valence-electron chi connectivity index (χ1n) is 38.4. The van der Waals surface area contributed by atoms with Crippen LogP contribution in [0.2, 0.25) is 0 Å². The van der Waals surface area contributed by atoms with Gasteiger partial charge < -0.3 is 14.2 Å². The van der Waals surface area contributed by atoms with Crippen LogP contribution in [0.1, 0.15) is 132 Å². The van der Waals surface area contributed by atoms with Crippen molar-refractivity contribution in [3.8, 4) is 68.6 Å². The Morgan fingerprint density at radius 3 is 0.984 bits per heavy atom. The van der Waals surface area contributed by atoms with Gasteiger partial charge in [-0.05, 0) is 199 Å². The van der Waals surface area contributed by atoms with Crippen molar-refractivity contribution >= 4 is 70.1 Å². The van der Waals surface area contributed by atoms with Crippen LogP contribution in [0.3, 0.4) is 0 Å². The summed E-state index contributed by atoms with van der Waals surface area (Å²) in [5, 5.41) is 0. The van der Waals surface area contributed by atoms with Crippen LogP contribution in [0, 0.1) is 56.0 Å². The van der Waals surface area contributed by atoms with Gasteiger partial charge in [0.25, 0.3) is 0 Å². The summed E-state index contributed by atoms with van der Waals surface area (Å²) in [7, 11) is 1.48. The first-order chi connectivity index (χ1) is 58.9. The van der Waals surface area contributed by atoms with Crippen molar-refractivity contribution in [2.75, 3.05) is 21.7 Å². The number of benzene rings is 15. The van der Waals surface area contributed by atoms with Crippen molar-refractivity contribution in [3.05, 3.63) is 459 Å². The third-order valence-corrected chi connectivity index (χ3v) is 20.3. The Hall–Kier alpha value is -13.6. The van der Waals surface area contributed by atoms with Gasteiger partial charge in [-0.2, -0.15) is 115 Å². The molecule has 0 spiro atoms. The molecule has 596 valence electrons. The summed E-state index contributed by atoms with van der Waals surface area (Å²) in [4.78, 5) is 117. The molecule has 19 rings (SSSR count). The van der Waals surface area contributed by atoms with Gasteiger partial charge in [-0.1, -0.05) is 165 Å². The number of ketones is 1. The third kappa shape index (κ3) is 19.8. The number of amides is 8. The van der Waals surface area contributed by atoms with Crippen LogP contribution in [-0.4, -0.2) is 65.0 Å². The molecule has 15 aromatic carbocycles. The minimum absolute atomic E-state index is 0. The van der Waals surface area contributed by atoms with Crippen molar-refractivity contribution in [1.82, 2.24) is 4.90 Å². The predicted octanol–water partition coefficient (Wildman–Crippen LogP) is 20.9. The fourth-order valence-electron chi connectivity index (χ4n) is 14.0. The molecule has 124 heavy (non-hydrogen) atoms. The minimum atomic E-state index is -0.415. The molecule has 19 heteroatoms.